The second-order valence-electron chi connectivity index (χ2n) is 8.82. The van der Waals surface area contributed by atoms with Gasteiger partial charge >= 0.3 is 6.18 Å². The molecule has 1 amide bonds. The molecule has 2 atom stereocenters. The fraction of sp³-hybridized carbons (Fsp3) is 0.417. The molecule has 0 aliphatic carbocycles. The van der Waals surface area contributed by atoms with Crippen molar-refractivity contribution in [3.8, 4) is 6.07 Å². The first kappa shape index (κ1) is 22.2. The fourth-order valence-corrected chi connectivity index (χ4v) is 5.00. The van der Waals surface area contributed by atoms with Crippen molar-refractivity contribution in [3.05, 3.63) is 64.7 Å². The van der Waals surface area contributed by atoms with Crippen LogP contribution < -0.4 is 4.90 Å². The van der Waals surface area contributed by atoms with Crippen molar-refractivity contribution < 1.29 is 23.1 Å². The van der Waals surface area contributed by atoms with Crippen LogP contribution in [0.3, 0.4) is 0 Å². The van der Waals surface area contributed by atoms with Gasteiger partial charge in [-0.3, -0.25) is 4.79 Å². The van der Waals surface area contributed by atoms with E-state index in [1.807, 2.05) is 30.0 Å². The SMILES string of the molecule is Cc1cccc(C(=O)N2CC[C@H]3CN(c4ccc(C#N)c(C(F)(F)F)c4)C[C@@]3(CO)C2)c1. The molecule has 0 saturated carbocycles. The van der Waals surface area contributed by atoms with Gasteiger partial charge in [-0.15, -0.1) is 0 Å². The first-order valence-electron chi connectivity index (χ1n) is 10.5. The Hall–Kier alpha value is -3.05. The number of amides is 1. The highest BCUT2D eigenvalue weighted by atomic mass is 19.4. The number of likely N-dealkylation sites (tertiary alicyclic amines) is 1. The summed E-state index contributed by atoms with van der Waals surface area (Å²) in [4.78, 5) is 16.6. The topological polar surface area (TPSA) is 67.6 Å². The molecule has 2 fully saturated rings. The van der Waals surface area contributed by atoms with Gasteiger partial charge in [0.15, 0.2) is 0 Å². The molecule has 168 valence electrons. The van der Waals surface area contributed by atoms with Gasteiger partial charge in [-0.05, 0) is 49.6 Å². The number of hydrogen-bond acceptors (Lipinski definition) is 4. The van der Waals surface area contributed by atoms with Crippen LogP contribution in [0.5, 0.6) is 0 Å². The van der Waals surface area contributed by atoms with Crippen molar-refractivity contribution >= 4 is 11.6 Å². The van der Waals surface area contributed by atoms with E-state index in [1.54, 1.807) is 17.0 Å². The van der Waals surface area contributed by atoms with Gasteiger partial charge in [0.1, 0.15) is 0 Å². The Morgan fingerprint density at radius 2 is 2.03 bits per heavy atom. The van der Waals surface area contributed by atoms with E-state index < -0.39 is 22.7 Å². The molecule has 2 aromatic carbocycles. The van der Waals surface area contributed by atoms with Gasteiger partial charge in [0.05, 0.1) is 23.8 Å². The number of halogens is 3. The standard InChI is InChI=1S/C24H24F3N3O2/c1-16-3-2-4-17(9-16)22(32)29-8-7-19-12-30(14-23(19,13-29)15-31)20-6-5-18(11-28)21(10-20)24(25,26)27/h2-6,9-10,19,31H,7-8,12-15H2,1H3/t19-,23+/m0/s1. The van der Waals surface area contributed by atoms with Gasteiger partial charge in [0.25, 0.3) is 5.91 Å². The van der Waals surface area contributed by atoms with E-state index in [0.29, 0.717) is 43.9 Å². The molecule has 2 heterocycles. The van der Waals surface area contributed by atoms with E-state index in [0.717, 1.165) is 11.6 Å². The summed E-state index contributed by atoms with van der Waals surface area (Å²) in [5.41, 5.74) is -0.0324. The quantitative estimate of drug-likeness (QED) is 0.783. The third-order valence-corrected chi connectivity index (χ3v) is 6.73. The number of carbonyl (C=O) groups is 1. The summed E-state index contributed by atoms with van der Waals surface area (Å²) in [7, 11) is 0. The van der Waals surface area contributed by atoms with Gasteiger partial charge in [-0.25, -0.2) is 0 Å². The Kier molecular flexibility index (Phi) is 5.63. The number of aliphatic hydroxyl groups is 1. The Bertz CT molecular complexity index is 1080. The van der Waals surface area contributed by atoms with Crippen LogP contribution in [-0.4, -0.2) is 48.7 Å². The minimum absolute atomic E-state index is 0.0547. The third kappa shape index (κ3) is 3.93. The second kappa shape index (κ2) is 8.14. The summed E-state index contributed by atoms with van der Waals surface area (Å²) in [5, 5.41) is 19.4. The minimum Gasteiger partial charge on any atom is -0.396 e. The maximum atomic E-state index is 13.4. The normalized spacial score (nSPS) is 23.1. The molecule has 2 aliphatic rings. The van der Waals surface area contributed by atoms with Crippen molar-refractivity contribution in [2.24, 2.45) is 11.3 Å². The molecule has 0 bridgehead atoms. The maximum absolute atomic E-state index is 13.4. The van der Waals surface area contributed by atoms with E-state index in [1.165, 1.54) is 12.1 Å². The largest absolute Gasteiger partial charge is 0.417 e. The number of aliphatic hydroxyl groups excluding tert-OH is 1. The number of nitriles is 1. The van der Waals surface area contributed by atoms with E-state index in [9.17, 15) is 23.1 Å². The summed E-state index contributed by atoms with van der Waals surface area (Å²) in [5.74, 6) is -0.0461. The summed E-state index contributed by atoms with van der Waals surface area (Å²) >= 11 is 0. The lowest BCUT2D eigenvalue weighted by atomic mass is 9.74. The molecule has 2 saturated heterocycles. The van der Waals surface area contributed by atoms with Crippen molar-refractivity contribution in [1.82, 2.24) is 4.90 Å². The third-order valence-electron chi connectivity index (χ3n) is 6.73. The molecule has 0 unspecified atom stereocenters. The van der Waals surface area contributed by atoms with Crippen LogP contribution in [0.4, 0.5) is 18.9 Å². The summed E-state index contributed by atoms with van der Waals surface area (Å²) < 4.78 is 40.2. The van der Waals surface area contributed by atoms with Crippen LogP contribution in [0.25, 0.3) is 0 Å². The van der Waals surface area contributed by atoms with Crippen LogP contribution in [-0.2, 0) is 6.18 Å². The number of anilines is 1. The van der Waals surface area contributed by atoms with Crippen LogP contribution >= 0.6 is 0 Å². The molecule has 0 spiro atoms. The number of alkyl halides is 3. The number of benzene rings is 2. The van der Waals surface area contributed by atoms with Gasteiger partial charge in [-0.1, -0.05) is 17.7 Å². The first-order chi connectivity index (χ1) is 15.2. The number of aryl methyl sites for hydroxylation is 1. The average molecular weight is 443 g/mol. The lowest BCUT2D eigenvalue weighted by molar-refractivity contribution is -0.137. The predicted molar refractivity (Wildman–Crippen MR) is 113 cm³/mol. The second-order valence-corrected chi connectivity index (χ2v) is 8.82. The predicted octanol–water partition coefficient (Wildman–Crippen LogP) is 3.85. The molecule has 4 rings (SSSR count). The smallest absolute Gasteiger partial charge is 0.396 e. The number of nitrogens with zero attached hydrogens (tertiary/aromatic N) is 3. The average Bonchev–Trinajstić information content (AvgIpc) is 3.17. The number of fused-ring (bicyclic) bond motifs is 1. The monoisotopic (exact) mass is 443 g/mol. The van der Waals surface area contributed by atoms with Crippen LogP contribution in [0.1, 0.15) is 33.5 Å². The zero-order valence-corrected chi connectivity index (χ0v) is 17.7. The van der Waals surface area contributed by atoms with Gasteiger partial charge in [0, 0.05) is 42.8 Å². The van der Waals surface area contributed by atoms with E-state index >= 15 is 0 Å². The highest BCUT2D eigenvalue weighted by Gasteiger charge is 2.50. The van der Waals surface area contributed by atoms with Gasteiger partial charge < -0.3 is 14.9 Å². The molecule has 0 aromatic heterocycles. The van der Waals surface area contributed by atoms with Gasteiger partial charge in [0.2, 0.25) is 0 Å². The molecule has 1 N–H and O–H groups in total. The Balaban J connectivity index is 1.58. The van der Waals surface area contributed by atoms with Crippen LogP contribution in [0.15, 0.2) is 42.5 Å². The van der Waals surface area contributed by atoms with Gasteiger partial charge in [-0.2, -0.15) is 18.4 Å². The van der Waals surface area contributed by atoms with E-state index in [-0.39, 0.29) is 18.4 Å². The molecule has 2 aromatic rings. The van der Waals surface area contributed by atoms with Crippen molar-refractivity contribution in [1.29, 1.82) is 5.26 Å². The Labute approximate surface area is 184 Å². The fourth-order valence-electron chi connectivity index (χ4n) is 5.00. The van der Waals surface area contributed by atoms with Crippen molar-refractivity contribution in [2.45, 2.75) is 19.5 Å². The zero-order valence-electron chi connectivity index (χ0n) is 17.7. The minimum atomic E-state index is -4.63. The lowest BCUT2D eigenvalue weighted by Gasteiger charge is -2.43. The van der Waals surface area contributed by atoms with Crippen LogP contribution in [0.2, 0.25) is 0 Å². The summed E-state index contributed by atoms with van der Waals surface area (Å²) in [6, 6.07) is 12.7. The van der Waals surface area contributed by atoms with Crippen LogP contribution in [0, 0.1) is 29.6 Å². The molecule has 5 nitrogen and oxygen atoms in total. The zero-order chi connectivity index (χ0) is 23.1. The highest BCUT2D eigenvalue weighted by molar-refractivity contribution is 5.94. The molecule has 32 heavy (non-hydrogen) atoms. The van der Waals surface area contributed by atoms with Crippen molar-refractivity contribution in [2.75, 3.05) is 37.7 Å². The first-order valence-corrected chi connectivity index (χ1v) is 10.5. The molecular formula is C24H24F3N3O2. The van der Waals surface area contributed by atoms with Crippen molar-refractivity contribution in [3.63, 3.8) is 0 Å². The van der Waals surface area contributed by atoms with E-state index in [4.69, 9.17) is 5.26 Å². The lowest BCUT2D eigenvalue weighted by Crippen LogP contribution is -2.52. The molecule has 8 heteroatoms. The summed E-state index contributed by atoms with van der Waals surface area (Å²) in [6.45, 7) is 3.48. The Morgan fingerprint density at radius 3 is 2.69 bits per heavy atom. The number of rotatable bonds is 3. The molecule has 0 radical (unpaired) electrons. The Morgan fingerprint density at radius 1 is 1.25 bits per heavy atom. The number of carbonyl (C=O) groups excluding carboxylic acids is 1. The molecule has 2 aliphatic heterocycles. The number of piperidine rings is 1. The summed E-state index contributed by atoms with van der Waals surface area (Å²) in [6.07, 6.45) is -3.96. The maximum Gasteiger partial charge on any atom is 0.417 e. The highest BCUT2D eigenvalue weighted by Crippen LogP contribution is 2.44. The number of hydrogen-bond donors (Lipinski definition) is 1. The molecular weight excluding hydrogens is 419 g/mol. The van der Waals surface area contributed by atoms with E-state index in [2.05, 4.69) is 0 Å².